The molecule has 0 atom stereocenters. The molecule has 286 valence electrons. The lowest BCUT2D eigenvalue weighted by molar-refractivity contribution is 0.660. The minimum absolute atomic E-state index is 0.110. The molecular weight excluding hydrogens is 725 g/mol. The van der Waals surface area contributed by atoms with Gasteiger partial charge in [0.1, 0.15) is 0 Å². The van der Waals surface area contributed by atoms with Gasteiger partial charge in [0, 0.05) is 44.2 Å². The average molecular weight is 769 g/mol. The summed E-state index contributed by atoms with van der Waals surface area (Å²) in [5, 5.41) is 4.98. The number of hydrogen-bond acceptors (Lipinski definition) is 1. The third-order valence-corrected chi connectivity index (χ3v) is 13.8. The number of nitrogens with zero attached hydrogens (tertiary/aromatic N) is 2. The van der Waals surface area contributed by atoms with E-state index in [-0.39, 0.29) is 10.8 Å². The van der Waals surface area contributed by atoms with Crippen molar-refractivity contribution >= 4 is 49.6 Å². The summed E-state index contributed by atoms with van der Waals surface area (Å²) in [6, 6.07) is 72.3. The molecule has 9 aromatic carbocycles. The van der Waals surface area contributed by atoms with Crippen molar-refractivity contribution in [1.29, 1.82) is 0 Å². The first-order valence-corrected chi connectivity index (χ1v) is 21.2. The monoisotopic (exact) mass is 768 g/mol. The highest BCUT2D eigenvalue weighted by Crippen LogP contribution is 2.56. The van der Waals surface area contributed by atoms with Crippen LogP contribution in [0.1, 0.15) is 49.9 Å². The fourth-order valence-electron chi connectivity index (χ4n) is 10.9. The van der Waals surface area contributed by atoms with E-state index in [1.165, 1.54) is 99.6 Å². The van der Waals surface area contributed by atoms with Gasteiger partial charge in [0.25, 0.3) is 0 Å². The summed E-state index contributed by atoms with van der Waals surface area (Å²) in [6.07, 6.45) is 0. The van der Waals surface area contributed by atoms with E-state index in [4.69, 9.17) is 0 Å². The summed E-state index contributed by atoms with van der Waals surface area (Å²) in [4.78, 5) is 2.52. The Kier molecular flexibility index (Phi) is 7.36. The molecule has 0 radical (unpaired) electrons. The Morgan fingerprint density at radius 2 is 0.950 bits per heavy atom. The van der Waals surface area contributed by atoms with Gasteiger partial charge in [-0.15, -0.1) is 0 Å². The molecule has 10 aromatic rings. The molecular formula is C58H44N2. The Balaban J connectivity index is 1.04. The highest BCUT2D eigenvalue weighted by Gasteiger charge is 2.39. The van der Waals surface area contributed by atoms with Crippen LogP contribution in [-0.2, 0) is 10.8 Å². The number of para-hydroxylation sites is 2. The van der Waals surface area contributed by atoms with Gasteiger partial charge in [-0.2, -0.15) is 0 Å². The standard InChI is InChI=1S/C58H44N2/c1-57(2)50-25-10-6-22-48(50)56-51(57)26-15-29-55(56)59(41-31-33-45-44-19-5-9-24-49(44)58(3,4)52(45)36-41)40-30-32-43-38(35-40)17-14-23-42(43)37-16-13-18-39(34-37)60-53-27-11-7-20-46(53)47-21-8-12-28-54(47)60/h5-36H,1-4H3. The molecule has 60 heavy (non-hydrogen) atoms. The SMILES string of the molecule is CC1(C)c2ccccc2-c2ccc(N(c3ccc4c(-c5cccc(-n6c7ccccc7c7ccccc76)c5)cccc4c3)c3cccc4c3-c3ccccc3C4(C)C)cc21. The maximum Gasteiger partial charge on any atom is 0.0543 e. The van der Waals surface area contributed by atoms with Crippen LogP contribution in [0, 0.1) is 0 Å². The lowest BCUT2D eigenvalue weighted by Gasteiger charge is -2.30. The molecule has 0 spiro atoms. The predicted octanol–water partition coefficient (Wildman–Crippen LogP) is 15.7. The van der Waals surface area contributed by atoms with Crippen molar-refractivity contribution in [2.24, 2.45) is 0 Å². The zero-order valence-electron chi connectivity index (χ0n) is 34.4. The van der Waals surface area contributed by atoms with Gasteiger partial charge in [0.2, 0.25) is 0 Å². The van der Waals surface area contributed by atoms with Gasteiger partial charge in [-0.1, -0.05) is 167 Å². The molecule has 2 nitrogen and oxygen atoms in total. The highest BCUT2D eigenvalue weighted by molar-refractivity contribution is 6.09. The molecule has 1 heterocycles. The van der Waals surface area contributed by atoms with Crippen molar-refractivity contribution in [2.45, 2.75) is 38.5 Å². The lowest BCUT2D eigenvalue weighted by Crippen LogP contribution is -2.17. The van der Waals surface area contributed by atoms with Crippen LogP contribution in [0.2, 0.25) is 0 Å². The normalized spacial score (nSPS) is 14.3. The highest BCUT2D eigenvalue weighted by atomic mass is 15.1. The largest absolute Gasteiger partial charge is 0.310 e. The van der Waals surface area contributed by atoms with E-state index < -0.39 is 0 Å². The number of benzene rings is 9. The zero-order chi connectivity index (χ0) is 40.3. The number of anilines is 3. The molecule has 0 bridgehead atoms. The molecule has 2 aliphatic rings. The van der Waals surface area contributed by atoms with Gasteiger partial charge in [0.05, 0.1) is 16.7 Å². The minimum Gasteiger partial charge on any atom is -0.310 e. The summed E-state index contributed by atoms with van der Waals surface area (Å²) >= 11 is 0. The number of rotatable bonds is 5. The van der Waals surface area contributed by atoms with Crippen LogP contribution in [0.5, 0.6) is 0 Å². The van der Waals surface area contributed by atoms with E-state index in [1.54, 1.807) is 0 Å². The van der Waals surface area contributed by atoms with Crippen molar-refractivity contribution in [1.82, 2.24) is 4.57 Å². The quantitative estimate of drug-likeness (QED) is 0.169. The number of hydrogen-bond donors (Lipinski definition) is 0. The predicted molar refractivity (Wildman–Crippen MR) is 254 cm³/mol. The Morgan fingerprint density at radius 3 is 1.73 bits per heavy atom. The third kappa shape index (κ3) is 4.88. The van der Waals surface area contributed by atoms with E-state index >= 15 is 0 Å². The minimum atomic E-state index is -0.118. The average Bonchev–Trinajstić information content (AvgIpc) is 3.83. The zero-order valence-corrected chi connectivity index (χ0v) is 34.4. The summed E-state index contributed by atoms with van der Waals surface area (Å²) in [6.45, 7) is 9.49. The van der Waals surface area contributed by atoms with Crippen LogP contribution in [0.25, 0.3) is 71.6 Å². The van der Waals surface area contributed by atoms with Gasteiger partial charge in [-0.05, 0) is 115 Å². The Hall–Kier alpha value is -7.16. The molecule has 0 fully saturated rings. The molecule has 12 rings (SSSR count). The molecule has 0 aliphatic heterocycles. The van der Waals surface area contributed by atoms with Gasteiger partial charge < -0.3 is 9.47 Å². The van der Waals surface area contributed by atoms with E-state index in [0.717, 1.165) is 11.4 Å². The van der Waals surface area contributed by atoms with E-state index in [2.05, 4.69) is 231 Å². The van der Waals surface area contributed by atoms with Gasteiger partial charge in [0.15, 0.2) is 0 Å². The first kappa shape index (κ1) is 34.8. The number of aromatic nitrogens is 1. The molecule has 0 saturated heterocycles. The van der Waals surface area contributed by atoms with Crippen molar-refractivity contribution in [2.75, 3.05) is 4.90 Å². The second kappa shape index (κ2) is 12.7. The lowest BCUT2D eigenvalue weighted by atomic mass is 9.82. The van der Waals surface area contributed by atoms with E-state index in [9.17, 15) is 0 Å². The maximum absolute atomic E-state index is 2.52. The van der Waals surface area contributed by atoms with Gasteiger partial charge in [-0.25, -0.2) is 0 Å². The van der Waals surface area contributed by atoms with Crippen molar-refractivity contribution in [3.63, 3.8) is 0 Å². The number of fused-ring (bicyclic) bond motifs is 10. The molecule has 0 saturated carbocycles. The first-order valence-electron chi connectivity index (χ1n) is 21.2. The topological polar surface area (TPSA) is 8.17 Å². The smallest absolute Gasteiger partial charge is 0.0543 e. The second-order valence-corrected chi connectivity index (χ2v) is 17.7. The summed E-state index contributed by atoms with van der Waals surface area (Å²) in [5.41, 5.74) is 20.1. The van der Waals surface area contributed by atoms with Crippen LogP contribution < -0.4 is 4.90 Å². The van der Waals surface area contributed by atoms with E-state index in [0.29, 0.717) is 0 Å². The Morgan fingerprint density at radius 1 is 0.383 bits per heavy atom. The van der Waals surface area contributed by atoms with E-state index in [1.807, 2.05) is 0 Å². The molecule has 2 aliphatic carbocycles. The van der Waals surface area contributed by atoms with Crippen LogP contribution in [0.15, 0.2) is 194 Å². The van der Waals surface area contributed by atoms with Crippen LogP contribution >= 0.6 is 0 Å². The molecule has 0 amide bonds. The van der Waals surface area contributed by atoms with Crippen LogP contribution in [-0.4, -0.2) is 4.57 Å². The maximum atomic E-state index is 2.52. The fourth-order valence-corrected chi connectivity index (χ4v) is 10.9. The third-order valence-electron chi connectivity index (χ3n) is 13.8. The van der Waals surface area contributed by atoms with Crippen LogP contribution in [0.4, 0.5) is 17.1 Å². The second-order valence-electron chi connectivity index (χ2n) is 17.7. The summed E-state index contributed by atoms with van der Waals surface area (Å²) in [7, 11) is 0. The van der Waals surface area contributed by atoms with Crippen molar-refractivity contribution in [3.8, 4) is 39.1 Å². The molecule has 0 N–H and O–H groups in total. The molecule has 2 heteroatoms. The summed E-state index contributed by atoms with van der Waals surface area (Å²) in [5.74, 6) is 0. The first-order chi connectivity index (χ1) is 29.3. The van der Waals surface area contributed by atoms with Gasteiger partial charge >= 0.3 is 0 Å². The molecule has 1 aromatic heterocycles. The van der Waals surface area contributed by atoms with Crippen molar-refractivity contribution in [3.05, 3.63) is 216 Å². The van der Waals surface area contributed by atoms with Crippen LogP contribution in [0.3, 0.4) is 0 Å². The van der Waals surface area contributed by atoms with Crippen molar-refractivity contribution < 1.29 is 0 Å². The molecule has 0 unspecified atom stereocenters. The Labute approximate surface area is 351 Å². The fraction of sp³-hybridized carbons (Fsp3) is 0.103. The van der Waals surface area contributed by atoms with Gasteiger partial charge in [-0.3, -0.25) is 0 Å². The summed E-state index contributed by atoms with van der Waals surface area (Å²) < 4.78 is 2.41. The Bertz CT molecular complexity index is 3340.